The van der Waals surface area contributed by atoms with Gasteiger partial charge in [-0.1, -0.05) is 25.6 Å². The third-order valence-electron chi connectivity index (χ3n) is 4.07. The maximum Gasteiger partial charge on any atom is 0.124 e. The Hall–Kier alpha value is -1.16. The first-order valence-corrected chi connectivity index (χ1v) is 6.80. The molecule has 1 aliphatic carbocycles. The van der Waals surface area contributed by atoms with Gasteiger partial charge < -0.3 is 11.1 Å². The quantitative estimate of drug-likeness (QED) is 0.802. The highest BCUT2D eigenvalue weighted by atomic mass is 32.1. The summed E-state index contributed by atoms with van der Waals surface area (Å²) in [6.45, 7) is 3.13. The normalized spacial score (nSPS) is 17.0. The molecule has 0 saturated heterocycles. The molecule has 0 aliphatic heterocycles. The maximum absolute atomic E-state index is 13.2. The fourth-order valence-corrected chi connectivity index (χ4v) is 2.66. The second kappa shape index (κ2) is 5.22. The highest BCUT2D eigenvalue weighted by molar-refractivity contribution is 7.80. The van der Waals surface area contributed by atoms with E-state index >= 15 is 0 Å². The predicted molar refractivity (Wildman–Crippen MR) is 77.4 cm³/mol. The van der Waals surface area contributed by atoms with E-state index in [4.69, 9.17) is 18.0 Å². The molecule has 2 nitrogen and oxygen atoms in total. The van der Waals surface area contributed by atoms with Crippen molar-refractivity contribution in [3.05, 3.63) is 29.6 Å². The molecule has 0 amide bonds. The molecule has 18 heavy (non-hydrogen) atoms. The van der Waals surface area contributed by atoms with Gasteiger partial charge in [0.05, 0.1) is 0 Å². The van der Waals surface area contributed by atoms with E-state index < -0.39 is 0 Å². The van der Waals surface area contributed by atoms with Crippen LogP contribution in [0.1, 0.15) is 38.2 Å². The van der Waals surface area contributed by atoms with Crippen LogP contribution in [0.3, 0.4) is 0 Å². The predicted octanol–water partition coefficient (Wildman–Crippen LogP) is 3.45. The topological polar surface area (TPSA) is 38.0 Å². The molecular weight excluding hydrogens is 247 g/mol. The van der Waals surface area contributed by atoms with Crippen molar-refractivity contribution < 1.29 is 4.39 Å². The van der Waals surface area contributed by atoms with Crippen LogP contribution < -0.4 is 11.1 Å². The van der Waals surface area contributed by atoms with Crippen LogP contribution in [0.4, 0.5) is 10.1 Å². The molecule has 0 atom stereocenters. The van der Waals surface area contributed by atoms with Gasteiger partial charge in [0.2, 0.25) is 0 Å². The lowest BCUT2D eigenvalue weighted by atomic mass is 9.67. The zero-order valence-electron chi connectivity index (χ0n) is 10.6. The third kappa shape index (κ3) is 2.64. The van der Waals surface area contributed by atoms with Crippen molar-refractivity contribution >= 4 is 22.9 Å². The van der Waals surface area contributed by atoms with Crippen molar-refractivity contribution in [2.75, 3.05) is 11.9 Å². The molecule has 3 N–H and O–H groups in total. The van der Waals surface area contributed by atoms with Crippen molar-refractivity contribution in [2.24, 2.45) is 11.1 Å². The minimum atomic E-state index is -0.308. The average Bonchev–Trinajstić information content (AvgIpc) is 2.29. The van der Waals surface area contributed by atoms with Gasteiger partial charge in [-0.25, -0.2) is 4.39 Å². The number of hydrogen-bond acceptors (Lipinski definition) is 2. The molecule has 98 valence electrons. The largest absolute Gasteiger partial charge is 0.389 e. The van der Waals surface area contributed by atoms with Crippen LogP contribution in [0.15, 0.2) is 18.2 Å². The minimum absolute atomic E-state index is 0.233. The molecule has 1 aliphatic rings. The van der Waals surface area contributed by atoms with Crippen LogP contribution in [0.25, 0.3) is 0 Å². The van der Waals surface area contributed by atoms with E-state index in [2.05, 4.69) is 12.2 Å². The van der Waals surface area contributed by atoms with Gasteiger partial charge in [-0.05, 0) is 42.9 Å². The van der Waals surface area contributed by atoms with E-state index in [0.29, 0.717) is 11.0 Å². The van der Waals surface area contributed by atoms with E-state index in [1.165, 1.54) is 37.8 Å². The van der Waals surface area contributed by atoms with Crippen molar-refractivity contribution in [2.45, 2.75) is 32.6 Å². The van der Waals surface area contributed by atoms with Crippen molar-refractivity contribution in [1.29, 1.82) is 0 Å². The summed E-state index contributed by atoms with van der Waals surface area (Å²) in [5.41, 5.74) is 7.46. The molecule has 4 heteroatoms. The van der Waals surface area contributed by atoms with Crippen LogP contribution in [-0.2, 0) is 0 Å². The smallest absolute Gasteiger partial charge is 0.124 e. The molecule has 0 radical (unpaired) electrons. The molecular formula is C14H19FN2S. The number of nitrogens with one attached hydrogen (secondary N) is 1. The lowest BCUT2D eigenvalue weighted by molar-refractivity contribution is 0.145. The van der Waals surface area contributed by atoms with Crippen molar-refractivity contribution in [1.82, 2.24) is 0 Å². The van der Waals surface area contributed by atoms with Crippen LogP contribution in [0.5, 0.6) is 0 Å². The second-order valence-corrected chi connectivity index (χ2v) is 5.55. The minimum Gasteiger partial charge on any atom is -0.389 e. The zero-order valence-corrected chi connectivity index (χ0v) is 11.4. The number of hydrogen-bond donors (Lipinski definition) is 2. The Morgan fingerprint density at radius 3 is 2.72 bits per heavy atom. The van der Waals surface area contributed by atoms with E-state index in [1.807, 2.05) is 0 Å². The number of thiocarbonyl (C=S) groups is 1. The van der Waals surface area contributed by atoms with E-state index in [1.54, 1.807) is 6.07 Å². The Balaban J connectivity index is 2.11. The fourth-order valence-electron chi connectivity index (χ4n) is 2.49. The van der Waals surface area contributed by atoms with Crippen molar-refractivity contribution in [3.63, 3.8) is 0 Å². The van der Waals surface area contributed by atoms with Gasteiger partial charge in [0.15, 0.2) is 0 Å². The number of anilines is 1. The Bertz CT molecular complexity index is 450. The summed E-state index contributed by atoms with van der Waals surface area (Å²) in [6, 6.07) is 4.54. The molecule has 0 aromatic heterocycles. The SMILES string of the molecule is CCC1(CNc2ccc(F)cc2C(N)=S)CCC1. The van der Waals surface area contributed by atoms with E-state index in [-0.39, 0.29) is 10.8 Å². The van der Waals surface area contributed by atoms with Gasteiger partial charge in [-0.2, -0.15) is 0 Å². The van der Waals surface area contributed by atoms with Crippen LogP contribution in [0.2, 0.25) is 0 Å². The van der Waals surface area contributed by atoms with Gasteiger partial charge in [-0.15, -0.1) is 0 Å². The third-order valence-corrected chi connectivity index (χ3v) is 4.29. The Labute approximate surface area is 113 Å². The first-order chi connectivity index (χ1) is 8.56. The average molecular weight is 266 g/mol. The standard InChI is InChI=1S/C14H19FN2S/c1-2-14(6-3-7-14)9-17-12-5-4-10(15)8-11(12)13(16)18/h4-5,8,17H,2-3,6-7,9H2,1H3,(H2,16,18). The molecule has 0 bridgehead atoms. The summed E-state index contributed by atoms with van der Waals surface area (Å²) < 4.78 is 13.2. The molecule has 1 aromatic rings. The Morgan fingerprint density at radius 1 is 1.50 bits per heavy atom. The zero-order chi connectivity index (χ0) is 13.2. The first kappa shape index (κ1) is 13.3. The van der Waals surface area contributed by atoms with Crippen LogP contribution in [-0.4, -0.2) is 11.5 Å². The monoisotopic (exact) mass is 266 g/mol. The number of halogens is 1. The molecule has 2 rings (SSSR count). The fraction of sp³-hybridized carbons (Fsp3) is 0.500. The molecule has 1 saturated carbocycles. The molecule has 0 spiro atoms. The van der Waals surface area contributed by atoms with E-state index in [9.17, 15) is 4.39 Å². The van der Waals surface area contributed by atoms with Gasteiger partial charge >= 0.3 is 0 Å². The van der Waals surface area contributed by atoms with Gasteiger partial charge in [0.25, 0.3) is 0 Å². The summed E-state index contributed by atoms with van der Waals surface area (Å²) >= 11 is 4.96. The number of nitrogens with two attached hydrogens (primary N) is 1. The number of benzene rings is 1. The van der Waals surface area contributed by atoms with Gasteiger partial charge in [0.1, 0.15) is 10.8 Å². The maximum atomic E-state index is 13.2. The highest BCUT2D eigenvalue weighted by Crippen LogP contribution is 2.43. The molecule has 1 aromatic carbocycles. The van der Waals surface area contributed by atoms with Crippen molar-refractivity contribution in [3.8, 4) is 0 Å². The molecule has 0 heterocycles. The number of rotatable bonds is 5. The van der Waals surface area contributed by atoms with E-state index in [0.717, 1.165) is 12.2 Å². The van der Waals surface area contributed by atoms with Gasteiger partial charge in [0, 0.05) is 17.8 Å². The summed E-state index contributed by atoms with van der Waals surface area (Å²) in [4.78, 5) is 0.233. The summed E-state index contributed by atoms with van der Waals surface area (Å²) in [5.74, 6) is -0.308. The molecule has 1 fully saturated rings. The van der Waals surface area contributed by atoms with Crippen LogP contribution in [0, 0.1) is 11.2 Å². The van der Waals surface area contributed by atoms with Crippen LogP contribution >= 0.6 is 12.2 Å². The lowest BCUT2D eigenvalue weighted by Crippen LogP contribution is -2.36. The Kier molecular flexibility index (Phi) is 3.85. The second-order valence-electron chi connectivity index (χ2n) is 5.11. The first-order valence-electron chi connectivity index (χ1n) is 6.39. The molecule has 0 unspecified atom stereocenters. The Morgan fingerprint density at radius 2 is 2.22 bits per heavy atom. The summed E-state index contributed by atoms with van der Waals surface area (Å²) in [6.07, 6.45) is 5.00. The lowest BCUT2D eigenvalue weighted by Gasteiger charge is -2.41. The van der Waals surface area contributed by atoms with Gasteiger partial charge in [-0.3, -0.25) is 0 Å². The summed E-state index contributed by atoms with van der Waals surface area (Å²) in [7, 11) is 0. The summed E-state index contributed by atoms with van der Waals surface area (Å²) in [5, 5.41) is 3.38. The highest BCUT2D eigenvalue weighted by Gasteiger charge is 2.34.